The summed E-state index contributed by atoms with van der Waals surface area (Å²) in [6, 6.07) is 0. The molecule has 0 saturated heterocycles. The van der Waals surface area contributed by atoms with E-state index in [9.17, 15) is 4.79 Å². The van der Waals surface area contributed by atoms with E-state index in [1.807, 2.05) is 0 Å². The molecule has 3 aliphatic carbocycles. The van der Waals surface area contributed by atoms with Crippen LogP contribution in [0.25, 0.3) is 0 Å². The summed E-state index contributed by atoms with van der Waals surface area (Å²) in [6.07, 6.45) is 12.5. The average Bonchev–Trinajstić information content (AvgIpc) is 3.19. The summed E-state index contributed by atoms with van der Waals surface area (Å²) >= 11 is 0. The highest BCUT2D eigenvalue weighted by molar-refractivity contribution is 6.74. The van der Waals surface area contributed by atoms with Gasteiger partial charge in [-0.1, -0.05) is 79.7 Å². The normalized spacial score (nSPS) is 32.8. The summed E-state index contributed by atoms with van der Waals surface area (Å²) in [5, 5.41) is 0.301. The van der Waals surface area contributed by atoms with E-state index in [0.29, 0.717) is 11.8 Å². The number of carbonyl (C=O) groups is 1. The number of carbonyl (C=O) groups excluding carboxylic acids is 1. The van der Waals surface area contributed by atoms with Crippen LogP contribution in [0.4, 0.5) is 0 Å². The maximum Gasteiger partial charge on any atom is 0.308 e. The van der Waals surface area contributed by atoms with Gasteiger partial charge >= 0.3 is 5.97 Å². The summed E-state index contributed by atoms with van der Waals surface area (Å²) in [6.45, 7) is 32.4. The average molecular weight is 603 g/mol. The first-order valence-corrected chi connectivity index (χ1v) is 22.0. The van der Waals surface area contributed by atoms with Crippen molar-refractivity contribution in [1.29, 1.82) is 0 Å². The van der Waals surface area contributed by atoms with Crippen LogP contribution in [0.3, 0.4) is 0 Å². The number of rotatable bonds is 7. The molecule has 6 heteroatoms. The molecule has 3 rings (SSSR count). The molecular weight excluding hydrogens is 541 g/mol. The van der Waals surface area contributed by atoms with E-state index in [0.717, 1.165) is 37.7 Å². The van der Waals surface area contributed by atoms with Crippen LogP contribution in [-0.2, 0) is 18.4 Å². The molecule has 0 unspecified atom stereocenters. The van der Waals surface area contributed by atoms with Crippen molar-refractivity contribution in [1.82, 2.24) is 0 Å². The topological polar surface area (TPSA) is 44.8 Å². The van der Waals surface area contributed by atoms with Crippen LogP contribution in [-0.4, -0.2) is 41.9 Å². The van der Waals surface area contributed by atoms with Crippen molar-refractivity contribution in [3.05, 3.63) is 35.5 Å². The molecule has 0 aliphatic heterocycles. The molecule has 0 bridgehead atoms. The highest BCUT2D eigenvalue weighted by Gasteiger charge is 2.52. The van der Waals surface area contributed by atoms with Gasteiger partial charge in [0.1, 0.15) is 0 Å². The van der Waals surface area contributed by atoms with E-state index in [2.05, 4.69) is 100 Å². The highest BCUT2D eigenvalue weighted by Crippen LogP contribution is 2.59. The third-order valence-corrected chi connectivity index (χ3v) is 21.0. The second-order valence-electron chi connectivity index (χ2n) is 16.7. The van der Waals surface area contributed by atoms with E-state index in [1.165, 1.54) is 25.5 Å². The number of methoxy groups -OCH3 is 1. The van der Waals surface area contributed by atoms with Crippen molar-refractivity contribution in [2.75, 3.05) is 7.11 Å². The maximum atomic E-state index is 12.5. The first kappa shape index (κ1) is 34.5. The molecule has 0 radical (unpaired) electrons. The Kier molecular flexibility index (Phi) is 10.3. The summed E-state index contributed by atoms with van der Waals surface area (Å²) < 4.78 is 19.2. The molecule has 41 heavy (non-hydrogen) atoms. The Morgan fingerprint density at radius 2 is 1.59 bits per heavy atom. The van der Waals surface area contributed by atoms with E-state index in [1.54, 1.807) is 5.57 Å². The Labute approximate surface area is 255 Å². The van der Waals surface area contributed by atoms with Crippen molar-refractivity contribution in [2.24, 2.45) is 23.2 Å². The van der Waals surface area contributed by atoms with Crippen molar-refractivity contribution in [2.45, 2.75) is 149 Å². The largest absolute Gasteiger partial charge is 0.469 e. The van der Waals surface area contributed by atoms with E-state index in [-0.39, 0.29) is 39.6 Å². The van der Waals surface area contributed by atoms with Crippen molar-refractivity contribution >= 4 is 22.6 Å². The van der Waals surface area contributed by atoms with Crippen LogP contribution in [0.1, 0.15) is 100 Å². The van der Waals surface area contributed by atoms with Gasteiger partial charge in [0.15, 0.2) is 16.6 Å². The Morgan fingerprint density at radius 3 is 2.15 bits per heavy atom. The minimum Gasteiger partial charge on any atom is -0.469 e. The summed E-state index contributed by atoms with van der Waals surface area (Å²) in [5.41, 5.74) is 4.14. The van der Waals surface area contributed by atoms with E-state index >= 15 is 0 Å². The molecule has 0 N–H and O–H groups in total. The number of ether oxygens (including phenoxy) is 1. The molecule has 3 fully saturated rings. The predicted molar refractivity (Wildman–Crippen MR) is 178 cm³/mol. The second-order valence-corrected chi connectivity index (χ2v) is 26.2. The summed E-state index contributed by atoms with van der Waals surface area (Å²) in [7, 11) is -2.40. The monoisotopic (exact) mass is 602 g/mol. The maximum absolute atomic E-state index is 12.5. The lowest BCUT2D eigenvalue weighted by molar-refractivity contribution is -0.148. The van der Waals surface area contributed by atoms with Gasteiger partial charge in [-0.15, -0.1) is 0 Å². The van der Waals surface area contributed by atoms with Gasteiger partial charge in [-0.05, 0) is 103 Å². The van der Waals surface area contributed by atoms with Gasteiger partial charge in [0.25, 0.3) is 0 Å². The van der Waals surface area contributed by atoms with Crippen molar-refractivity contribution < 1.29 is 18.4 Å². The fourth-order valence-electron chi connectivity index (χ4n) is 7.22. The Balaban J connectivity index is 1.93. The molecule has 6 atom stereocenters. The van der Waals surface area contributed by atoms with Crippen molar-refractivity contribution in [3.63, 3.8) is 0 Å². The van der Waals surface area contributed by atoms with E-state index in [4.69, 9.17) is 13.6 Å². The Hall–Kier alpha value is -0.956. The fraction of sp³-hybridized carbons (Fsp3) is 0.800. The van der Waals surface area contributed by atoms with Crippen LogP contribution in [0.15, 0.2) is 35.5 Å². The van der Waals surface area contributed by atoms with Crippen molar-refractivity contribution in [3.8, 4) is 0 Å². The van der Waals surface area contributed by atoms with Crippen LogP contribution < -0.4 is 0 Å². The van der Waals surface area contributed by atoms with Gasteiger partial charge in [0.05, 0.1) is 25.2 Å². The lowest BCUT2D eigenvalue weighted by Gasteiger charge is -2.45. The minimum absolute atomic E-state index is 0.00236. The third kappa shape index (κ3) is 7.24. The second kappa shape index (κ2) is 12.2. The first-order valence-electron chi connectivity index (χ1n) is 16.2. The number of allylic oxidation sites excluding steroid dienone is 3. The zero-order chi connectivity index (χ0) is 31.2. The van der Waals surface area contributed by atoms with E-state index < -0.39 is 16.6 Å². The highest BCUT2D eigenvalue weighted by atomic mass is 28.4. The molecule has 0 aromatic carbocycles. The Bertz CT molecular complexity index is 1040. The molecule has 0 aromatic heterocycles. The molecule has 3 saturated carbocycles. The molecule has 0 amide bonds. The quantitative estimate of drug-likeness (QED) is 0.215. The lowest BCUT2D eigenvalue weighted by atomic mass is 9.61. The number of hydrogen-bond donors (Lipinski definition) is 0. The van der Waals surface area contributed by atoms with Crippen LogP contribution in [0.5, 0.6) is 0 Å². The molecule has 234 valence electrons. The zero-order valence-electron chi connectivity index (χ0n) is 28.8. The summed E-state index contributed by atoms with van der Waals surface area (Å²) in [4.78, 5) is 12.5. The molecule has 0 heterocycles. The van der Waals surface area contributed by atoms with Gasteiger partial charge in [-0.3, -0.25) is 4.79 Å². The van der Waals surface area contributed by atoms with Gasteiger partial charge in [-0.2, -0.15) is 0 Å². The summed E-state index contributed by atoms with van der Waals surface area (Å²) in [5.74, 6) is 0.799. The number of esters is 1. The lowest BCUT2D eigenvalue weighted by Crippen LogP contribution is -2.49. The third-order valence-electron chi connectivity index (χ3n) is 11.9. The Morgan fingerprint density at radius 1 is 1.00 bits per heavy atom. The zero-order valence-corrected chi connectivity index (χ0v) is 30.8. The molecule has 0 spiro atoms. The predicted octanol–water partition coefficient (Wildman–Crippen LogP) is 10.00. The smallest absolute Gasteiger partial charge is 0.308 e. The standard InChI is InChI=1S/C35H62O4Si2/c1-24-27(18-17-26-16-15-21-35(9)29(19-20-30(26)35)25(2)32(36)37-10)22-28(38-40(11,12)33(3,4)5)23-31(24)39-41(13,14)34(6,7)8/h17-18,25,28-31H,1,15-16,19-23H2,2-14H3/b26-17+,27-18-/t25-,28+,29+,30-,31-,35+/m0/s1. The molecule has 3 aliphatic rings. The molecule has 0 aromatic rings. The van der Waals surface area contributed by atoms with Gasteiger partial charge in [0, 0.05) is 6.42 Å². The van der Waals surface area contributed by atoms with Crippen LogP contribution >= 0.6 is 0 Å². The SMILES string of the molecule is C=C1/C(=C\C=C2/CCC[C@]3(C)[C@@H]([C@H](C)C(=O)OC)CC[C@@H]23)C[C@@H](O[Si](C)(C)C(C)(C)C)C[C@@H]1O[Si](C)(C)C(C)(C)C. The van der Waals surface area contributed by atoms with Crippen LogP contribution in [0.2, 0.25) is 36.3 Å². The van der Waals surface area contributed by atoms with Gasteiger partial charge < -0.3 is 13.6 Å². The fourth-order valence-corrected chi connectivity index (χ4v) is 9.89. The van der Waals surface area contributed by atoms with Gasteiger partial charge in [-0.25, -0.2) is 0 Å². The first-order chi connectivity index (χ1) is 18.6. The van der Waals surface area contributed by atoms with Gasteiger partial charge in [0.2, 0.25) is 0 Å². The minimum atomic E-state index is -1.99. The van der Waals surface area contributed by atoms with Crippen LogP contribution in [0, 0.1) is 23.2 Å². The molecule has 4 nitrogen and oxygen atoms in total. The molecular formula is C35H62O4Si2. The number of fused-ring (bicyclic) bond motifs is 1. The number of hydrogen-bond acceptors (Lipinski definition) is 4.